The van der Waals surface area contributed by atoms with Crippen LogP contribution in [-0.4, -0.2) is 30.5 Å². The molecule has 0 aromatic carbocycles. The molecule has 0 amide bonds. The Labute approximate surface area is 60.7 Å². The predicted molar refractivity (Wildman–Crippen MR) is 40.6 cm³/mol. The van der Waals surface area contributed by atoms with Gasteiger partial charge in [-0.2, -0.15) is 0 Å². The minimum absolute atomic E-state index is 0.188. The summed E-state index contributed by atoms with van der Waals surface area (Å²) in [5.74, 6) is 0.863. The van der Waals surface area contributed by atoms with Crippen LogP contribution in [0.1, 0.15) is 6.42 Å². The minimum atomic E-state index is 0.188. The van der Waals surface area contributed by atoms with Crippen molar-refractivity contribution in [2.45, 2.75) is 6.42 Å². The smallest absolute Gasteiger partial charge is 0.188 e. The Bertz CT molecular complexity index is 128. The van der Waals surface area contributed by atoms with Crippen molar-refractivity contribution < 1.29 is 0 Å². The zero-order valence-corrected chi connectivity index (χ0v) is 6.01. The van der Waals surface area contributed by atoms with E-state index >= 15 is 0 Å². The summed E-state index contributed by atoms with van der Waals surface area (Å²) in [5, 5.41) is 7.05. The maximum absolute atomic E-state index is 7.05. The Morgan fingerprint density at radius 3 is 2.60 bits per heavy atom. The van der Waals surface area contributed by atoms with Gasteiger partial charge in [-0.15, -0.1) is 0 Å². The van der Waals surface area contributed by atoms with Crippen LogP contribution in [-0.2, 0) is 0 Å². The van der Waals surface area contributed by atoms with Crippen LogP contribution in [0.2, 0.25) is 0 Å². The predicted octanol–water partition coefficient (Wildman–Crippen LogP) is -0.840. The van der Waals surface area contributed by atoms with Gasteiger partial charge >= 0.3 is 0 Å². The largest absolute Gasteiger partial charge is 0.370 e. The molecule has 0 saturated carbocycles. The van der Waals surface area contributed by atoms with E-state index in [4.69, 9.17) is 16.9 Å². The molecule has 1 saturated heterocycles. The molecule has 58 valence electrons. The SMILES string of the molecule is N=C(N)N1CC(CCN)C1. The molecule has 1 fully saturated rings. The quantitative estimate of drug-likeness (QED) is 0.347. The third-order valence-electron chi connectivity index (χ3n) is 1.87. The number of likely N-dealkylation sites (tertiary alicyclic amines) is 1. The van der Waals surface area contributed by atoms with Gasteiger partial charge < -0.3 is 16.4 Å². The fourth-order valence-corrected chi connectivity index (χ4v) is 1.18. The topological polar surface area (TPSA) is 79.1 Å². The first kappa shape index (κ1) is 7.34. The average Bonchev–Trinajstić information content (AvgIpc) is 1.76. The highest BCUT2D eigenvalue weighted by atomic mass is 15.3. The van der Waals surface area contributed by atoms with Gasteiger partial charge in [0, 0.05) is 13.1 Å². The van der Waals surface area contributed by atoms with E-state index in [9.17, 15) is 0 Å². The molecule has 0 aliphatic carbocycles. The molecule has 0 atom stereocenters. The van der Waals surface area contributed by atoms with E-state index in [1.54, 1.807) is 0 Å². The molecule has 10 heavy (non-hydrogen) atoms. The van der Waals surface area contributed by atoms with Crippen molar-refractivity contribution in [2.75, 3.05) is 19.6 Å². The molecule has 4 heteroatoms. The maximum atomic E-state index is 7.05. The summed E-state index contributed by atoms with van der Waals surface area (Å²) in [6, 6.07) is 0. The molecule has 1 heterocycles. The number of hydrogen-bond acceptors (Lipinski definition) is 2. The second-order valence-electron chi connectivity index (χ2n) is 2.73. The van der Waals surface area contributed by atoms with Crippen molar-refractivity contribution in [1.82, 2.24) is 4.90 Å². The van der Waals surface area contributed by atoms with Crippen molar-refractivity contribution in [2.24, 2.45) is 17.4 Å². The summed E-state index contributed by atoms with van der Waals surface area (Å²) in [4.78, 5) is 1.85. The lowest BCUT2D eigenvalue weighted by Crippen LogP contribution is -2.52. The third-order valence-corrected chi connectivity index (χ3v) is 1.87. The molecule has 0 unspecified atom stereocenters. The molecule has 0 spiro atoms. The zero-order chi connectivity index (χ0) is 7.56. The van der Waals surface area contributed by atoms with E-state index in [0.29, 0.717) is 5.92 Å². The van der Waals surface area contributed by atoms with E-state index in [1.165, 1.54) is 0 Å². The van der Waals surface area contributed by atoms with Crippen molar-refractivity contribution in [3.8, 4) is 0 Å². The van der Waals surface area contributed by atoms with Crippen molar-refractivity contribution in [3.63, 3.8) is 0 Å². The first-order valence-corrected chi connectivity index (χ1v) is 3.53. The molecule has 1 aliphatic rings. The lowest BCUT2D eigenvalue weighted by atomic mass is 9.97. The number of rotatable bonds is 2. The molecular formula is C6H14N4. The molecule has 4 nitrogen and oxygen atoms in total. The molecule has 0 radical (unpaired) electrons. The van der Waals surface area contributed by atoms with Gasteiger partial charge in [-0.05, 0) is 18.9 Å². The third kappa shape index (κ3) is 1.39. The number of nitrogens with two attached hydrogens (primary N) is 2. The van der Waals surface area contributed by atoms with Gasteiger partial charge in [-0.1, -0.05) is 0 Å². The minimum Gasteiger partial charge on any atom is -0.370 e. The Kier molecular flexibility index (Phi) is 2.11. The number of nitrogens with zero attached hydrogens (tertiary/aromatic N) is 1. The van der Waals surface area contributed by atoms with Crippen LogP contribution < -0.4 is 11.5 Å². The lowest BCUT2D eigenvalue weighted by Gasteiger charge is -2.39. The van der Waals surface area contributed by atoms with Gasteiger partial charge in [0.25, 0.3) is 0 Å². The summed E-state index contributed by atoms with van der Waals surface area (Å²) in [5.41, 5.74) is 10.6. The van der Waals surface area contributed by atoms with Crippen LogP contribution >= 0.6 is 0 Å². The molecular weight excluding hydrogens is 128 g/mol. The molecule has 1 aliphatic heterocycles. The van der Waals surface area contributed by atoms with E-state index in [0.717, 1.165) is 26.1 Å². The van der Waals surface area contributed by atoms with Gasteiger partial charge in [0.2, 0.25) is 0 Å². The van der Waals surface area contributed by atoms with Crippen molar-refractivity contribution in [3.05, 3.63) is 0 Å². The molecule has 0 bridgehead atoms. The highest BCUT2D eigenvalue weighted by Crippen LogP contribution is 2.16. The number of hydrogen-bond donors (Lipinski definition) is 3. The fraction of sp³-hybridized carbons (Fsp3) is 0.833. The molecule has 0 aromatic heterocycles. The highest BCUT2D eigenvalue weighted by Gasteiger charge is 2.26. The lowest BCUT2D eigenvalue weighted by molar-refractivity contribution is 0.177. The Hall–Kier alpha value is -0.770. The maximum Gasteiger partial charge on any atom is 0.188 e. The standard InChI is InChI=1S/C6H14N4/c7-2-1-5-3-10(4-5)6(8)9/h5H,1-4,7H2,(H3,8,9). The average molecular weight is 142 g/mol. The van der Waals surface area contributed by atoms with Gasteiger partial charge in [-0.3, -0.25) is 5.41 Å². The first-order chi connectivity index (χ1) is 4.74. The van der Waals surface area contributed by atoms with Crippen LogP contribution in [0.4, 0.5) is 0 Å². The number of guanidine groups is 1. The summed E-state index contributed by atoms with van der Waals surface area (Å²) < 4.78 is 0. The Morgan fingerprint density at radius 1 is 1.60 bits per heavy atom. The second-order valence-corrected chi connectivity index (χ2v) is 2.73. The van der Waals surface area contributed by atoms with Crippen LogP contribution in [0.15, 0.2) is 0 Å². The highest BCUT2D eigenvalue weighted by molar-refractivity contribution is 5.75. The Morgan fingerprint density at radius 2 is 2.20 bits per heavy atom. The molecule has 5 N–H and O–H groups in total. The van der Waals surface area contributed by atoms with Crippen molar-refractivity contribution >= 4 is 5.96 Å². The van der Waals surface area contributed by atoms with Crippen molar-refractivity contribution in [1.29, 1.82) is 5.41 Å². The molecule has 0 aromatic rings. The van der Waals surface area contributed by atoms with Gasteiger partial charge in [0.05, 0.1) is 0 Å². The summed E-state index contributed by atoms with van der Waals surface area (Å²) >= 11 is 0. The van der Waals surface area contributed by atoms with Crippen LogP contribution in [0.3, 0.4) is 0 Å². The van der Waals surface area contributed by atoms with Crippen LogP contribution in [0, 0.1) is 11.3 Å². The fourth-order valence-electron chi connectivity index (χ4n) is 1.18. The van der Waals surface area contributed by atoms with E-state index in [1.807, 2.05) is 4.90 Å². The first-order valence-electron chi connectivity index (χ1n) is 3.53. The second kappa shape index (κ2) is 2.88. The summed E-state index contributed by atoms with van der Waals surface area (Å²) in [6.45, 7) is 2.59. The van der Waals surface area contributed by atoms with Gasteiger partial charge in [-0.25, -0.2) is 0 Å². The normalized spacial score (nSPS) is 18.7. The van der Waals surface area contributed by atoms with E-state index in [2.05, 4.69) is 0 Å². The monoisotopic (exact) mass is 142 g/mol. The Balaban J connectivity index is 2.12. The van der Waals surface area contributed by atoms with Gasteiger partial charge in [0.15, 0.2) is 5.96 Å². The van der Waals surface area contributed by atoms with Crippen LogP contribution in [0.5, 0.6) is 0 Å². The van der Waals surface area contributed by atoms with Crippen LogP contribution in [0.25, 0.3) is 0 Å². The van der Waals surface area contributed by atoms with E-state index in [-0.39, 0.29) is 5.96 Å². The zero-order valence-electron chi connectivity index (χ0n) is 6.01. The summed E-state index contributed by atoms with van der Waals surface area (Å²) in [7, 11) is 0. The molecule has 1 rings (SSSR count). The summed E-state index contributed by atoms with van der Waals surface area (Å²) in [6.07, 6.45) is 1.06. The number of nitrogens with one attached hydrogen (secondary N) is 1. The van der Waals surface area contributed by atoms with Gasteiger partial charge in [0.1, 0.15) is 0 Å². The van der Waals surface area contributed by atoms with E-state index < -0.39 is 0 Å².